The van der Waals surface area contributed by atoms with Crippen molar-refractivity contribution in [3.05, 3.63) is 29.8 Å². The molecule has 0 saturated carbocycles. The fourth-order valence-electron chi connectivity index (χ4n) is 2.53. The minimum atomic E-state index is -0.799. The Balaban J connectivity index is 1.90. The predicted octanol–water partition coefficient (Wildman–Crippen LogP) is 2.73. The Labute approximate surface area is 134 Å². The van der Waals surface area contributed by atoms with Gasteiger partial charge in [0.05, 0.1) is 0 Å². The van der Waals surface area contributed by atoms with Gasteiger partial charge in [-0.05, 0) is 38.8 Å². The van der Waals surface area contributed by atoms with Gasteiger partial charge >= 0.3 is 6.03 Å². The van der Waals surface area contributed by atoms with Gasteiger partial charge in [0.15, 0.2) is 0 Å². The van der Waals surface area contributed by atoms with Crippen molar-refractivity contribution >= 4 is 17.6 Å². The lowest BCUT2D eigenvalue weighted by molar-refractivity contribution is -0.121. The molecule has 7 heteroatoms. The van der Waals surface area contributed by atoms with Gasteiger partial charge < -0.3 is 15.5 Å². The van der Waals surface area contributed by atoms with Crippen molar-refractivity contribution in [1.29, 1.82) is 0 Å². The molecule has 1 heterocycles. The van der Waals surface area contributed by atoms with Crippen LogP contribution in [0.15, 0.2) is 18.2 Å². The van der Waals surface area contributed by atoms with E-state index in [9.17, 15) is 18.4 Å². The number of carbonyl (C=O) groups excluding carboxylic acids is 2. The lowest BCUT2D eigenvalue weighted by atomic mass is 9.96. The van der Waals surface area contributed by atoms with Crippen LogP contribution in [-0.2, 0) is 4.79 Å². The summed E-state index contributed by atoms with van der Waals surface area (Å²) in [5.74, 6) is -2.38. The molecule has 0 atom stereocenters. The minimum absolute atomic E-state index is 0.0487. The average molecular weight is 325 g/mol. The van der Waals surface area contributed by atoms with Crippen LogP contribution in [0.1, 0.15) is 26.7 Å². The van der Waals surface area contributed by atoms with Crippen LogP contribution in [0.5, 0.6) is 0 Å². The summed E-state index contributed by atoms with van der Waals surface area (Å²) in [6, 6.07) is 3.33. The summed E-state index contributed by atoms with van der Waals surface area (Å²) >= 11 is 0. The van der Waals surface area contributed by atoms with Gasteiger partial charge in [-0.25, -0.2) is 13.6 Å². The molecule has 0 aromatic heterocycles. The number of benzene rings is 1. The zero-order chi connectivity index (χ0) is 17.0. The maximum Gasteiger partial charge on any atom is 0.317 e. The zero-order valence-electron chi connectivity index (χ0n) is 13.2. The molecule has 0 spiro atoms. The molecule has 0 unspecified atom stereocenters. The average Bonchev–Trinajstić information content (AvgIpc) is 2.50. The van der Waals surface area contributed by atoms with E-state index in [1.54, 1.807) is 4.90 Å². The number of nitrogens with zero attached hydrogens (tertiary/aromatic N) is 1. The van der Waals surface area contributed by atoms with Crippen molar-refractivity contribution in [3.8, 4) is 0 Å². The van der Waals surface area contributed by atoms with Gasteiger partial charge in [-0.3, -0.25) is 4.79 Å². The van der Waals surface area contributed by atoms with Crippen molar-refractivity contribution in [1.82, 2.24) is 10.2 Å². The molecule has 1 fully saturated rings. The first-order chi connectivity index (χ1) is 10.9. The highest BCUT2D eigenvalue weighted by Crippen LogP contribution is 2.22. The van der Waals surface area contributed by atoms with Crippen molar-refractivity contribution < 1.29 is 18.4 Å². The Morgan fingerprint density at radius 3 is 2.26 bits per heavy atom. The van der Waals surface area contributed by atoms with Crippen LogP contribution in [0.25, 0.3) is 0 Å². The fraction of sp³-hybridized carbons (Fsp3) is 0.500. The molecule has 23 heavy (non-hydrogen) atoms. The normalized spacial score (nSPS) is 15.6. The molecule has 5 nitrogen and oxygen atoms in total. The van der Waals surface area contributed by atoms with Gasteiger partial charge in [0.1, 0.15) is 17.3 Å². The SMILES string of the molecule is CC(C)NC(=O)N1CCC(C(=O)Nc2c(F)cccc2F)CC1. The van der Waals surface area contributed by atoms with Crippen LogP contribution < -0.4 is 10.6 Å². The fourth-order valence-corrected chi connectivity index (χ4v) is 2.53. The van der Waals surface area contributed by atoms with E-state index in [0.717, 1.165) is 12.1 Å². The van der Waals surface area contributed by atoms with Crippen LogP contribution in [0.4, 0.5) is 19.3 Å². The third-order valence-electron chi connectivity index (χ3n) is 3.78. The molecule has 2 N–H and O–H groups in total. The molecule has 0 aliphatic carbocycles. The van der Waals surface area contributed by atoms with E-state index in [-0.39, 0.29) is 18.0 Å². The molecule has 1 aliphatic rings. The van der Waals surface area contributed by atoms with Crippen molar-refractivity contribution in [2.24, 2.45) is 5.92 Å². The molecule has 1 aromatic carbocycles. The highest BCUT2D eigenvalue weighted by Gasteiger charge is 2.28. The van der Waals surface area contributed by atoms with Crippen LogP contribution in [0.2, 0.25) is 0 Å². The lowest BCUT2D eigenvalue weighted by Gasteiger charge is -2.32. The van der Waals surface area contributed by atoms with Gasteiger partial charge in [-0.2, -0.15) is 0 Å². The van der Waals surface area contributed by atoms with Crippen molar-refractivity contribution in [2.75, 3.05) is 18.4 Å². The number of piperidine rings is 1. The molecule has 1 aromatic rings. The summed E-state index contributed by atoms with van der Waals surface area (Å²) in [5.41, 5.74) is -0.419. The summed E-state index contributed by atoms with van der Waals surface area (Å²) < 4.78 is 27.1. The summed E-state index contributed by atoms with van der Waals surface area (Å²) in [5, 5.41) is 5.12. The number of anilines is 1. The van der Waals surface area contributed by atoms with Crippen molar-refractivity contribution in [3.63, 3.8) is 0 Å². The Kier molecular flexibility index (Phi) is 5.52. The molecular weight excluding hydrogens is 304 g/mol. The second kappa shape index (κ2) is 7.39. The van der Waals surface area contributed by atoms with Gasteiger partial charge in [-0.15, -0.1) is 0 Å². The zero-order valence-corrected chi connectivity index (χ0v) is 13.2. The monoisotopic (exact) mass is 325 g/mol. The van der Waals surface area contributed by atoms with Crippen molar-refractivity contribution in [2.45, 2.75) is 32.7 Å². The Morgan fingerprint density at radius 2 is 1.74 bits per heavy atom. The maximum absolute atomic E-state index is 13.6. The van der Waals surface area contributed by atoms with Gasteiger partial charge in [0, 0.05) is 25.0 Å². The molecule has 2 rings (SSSR count). The van der Waals surface area contributed by atoms with Crippen LogP contribution in [0, 0.1) is 17.6 Å². The molecule has 1 aliphatic heterocycles. The summed E-state index contributed by atoms with van der Waals surface area (Å²) in [4.78, 5) is 25.7. The van der Waals surface area contributed by atoms with E-state index in [0.29, 0.717) is 25.9 Å². The van der Waals surface area contributed by atoms with E-state index in [1.807, 2.05) is 13.8 Å². The second-order valence-electron chi connectivity index (χ2n) is 5.95. The first kappa shape index (κ1) is 17.2. The van der Waals surface area contributed by atoms with Crippen LogP contribution in [0.3, 0.4) is 0 Å². The number of amides is 3. The highest BCUT2D eigenvalue weighted by molar-refractivity contribution is 5.93. The van der Waals surface area contributed by atoms with Crippen LogP contribution in [-0.4, -0.2) is 36.0 Å². The largest absolute Gasteiger partial charge is 0.336 e. The molecule has 0 radical (unpaired) electrons. The van der Waals surface area contributed by atoms with E-state index in [1.165, 1.54) is 6.07 Å². The highest BCUT2D eigenvalue weighted by atomic mass is 19.1. The molecular formula is C16H21F2N3O2. The topological polar surface area (TPSA) is 61.4 Å². The number of rotatable bonds is 3. The molecule has 0 bridgehead atoms. The molecule has 126 valence electrons. The number of hydrogen-bond acceptors (Lipinski definition) is 2. The second-order valence-corrected chi connectivity index (χ2v) is 5.95. The maximum atomic E-state index is 13.6. The Morgan fingerprint density at radius 1 is 1.17 bits per heavy atom. The quantitative estimate of drug-likeness (QED) is 0.898. The van der Waals surface area contributed by atoms with Crippen LogP contribution >= 0.6 is 0 Å². The van der Waals surface area contributed by atoms with E-state index in [4.69, 9.17) is 0 Å². The summed E-state index contributed by atoms with van der Waals surface area (Å²) in [6.45, 7) is 4.63. The van der Waals surface area contributed by atoms with Gasteiger partial charge in [0.25, 0.3) is 0 Å². The number of carbonyl (C=O) groups is 2. The third-order valence-corrected chi connectivity index (χ3v) is 3.78. The predicted molar refractivity (Wildman–Crippen MR) is 83.0 cm³/mol. The number of nitrogens with one attached hydrogen (secondary N) is 2. The van der Waals surface area contributed by atoms with Gasteiger partial charge in [0.2, 0.25) is 5.91 Å². The number of para-hydroxylation sites is 1. The first-order valence-corrected chi connectivity index (χ1v) is 7.68. The summed E-state index contributed by atoms with van der Waals surface area (Å²) in [7, 11) is 0. The Hall–Kier alpha value is -2.18. The smallest absolute Gasteiger partial charge is 0.317 e. The summed E-state index contributed by atoms with van der Waals surface area (Å²) in [6.07, 6.45) is 0.931. The molecule has 1 saturated heterocycles. The number of urea groups is 1. The lowest BCUT2D eigenvalue weighted by Crippen LogP contribution is -2.47. The van der Waals surface area contributed by atoms with E-state index >= 15 is 0 Å². The number of hydrogen-bond donors (Lipinski definition) is 2. The van der Waals surface area contributed by atoms with Gasteiger partial charge in [-0.1, -0.05) is 6.07 Å². The number of halogens is 2. The first-order valence-electron chi connectivity index (χ1n) is 7.68. The standard InChI is InChI=1S/C16H21F2N3O2/c1-10(2)19-16(23)21-8-6-11(7-9-21)15(22)20-14-12(17)4-3-5-13(14)18/h3-5,10-11H,6-9H2,1-2H3,(H,19,23)(H,20,22). The third kappa shape index (κ3) is 4.40. The van der Waals surface area contributed by atoms with E-state index in [2.05, 4.69) is 10.6 Å². The number of likely N-dealkylation sites (tertiary alicyclic amines) is 1. The Bertz CT molecular complexity index is 564. The minimum Gasteiger partial charge on any atom is -0.336 e. The van der Waals surface area contributed by atoms with E-state index < -0.39 is 23.2 Å². The molecule has 3 amide bonds.